The van der Waals surface area contributed by atoms with Crippen LogP contribution >= 0.6 is 0 Å². The van der Waals surface area contributed by atoms with Crippen LogP contribution in [0.1, 0.15) is 22.9 Å². The van der Waals surface area contributed by atoms with Crippen LogP contribution in [0.15, 0.2) is 174 Å². The molecular weight excluding hydrogens is 510 g/mol. The molecular formula is C39H29N3. The van der Waals surface area contributed by atoms with Crippen LogP contribution in [0.2, 0.25) is 0 Å². The Morgan fingerprint density at radius 1 is 0.333 bits per heavy atom. The zero-order valence-electron chi connectivity index (χ0n) is 23.1. The summed E-state index contributed by atoms with van der Waals surface area (Å²) in [6.07, 6.45) is -0.313. The summed E-state index contributed by atoms with van der Waals surface area (Å²) in [6, 6.07) is 57.1. The second-order valence-corrected chi connectivity index (χ2v) is 10.3. The van der Waals surface area contributed by atoms with Crippen molar-refractivity contribution < 1.29 is 0 Å². The number of amidine groups is 2. The summed E-state index contributed by atoms with van der Waals surface area (Å²) < 4.78 is 0. The fraction of sp³-hybridized carbons (Fsp3) is 0.0256. The van der Waals surface area contributed by atoms with Gasteiger partial charge in [-0.3, -0.25) is 0 Å². The zero-order chi connectivity index (χ0) is 28.1. The largest absolute Gasteiger partial charge is 0.324 e. The van der Waals surface area contributed by atoms with Gasteiger partial charge in [-0.1, -0.05) is 152 Å². The van der Waals surface area contributed by atoms with Crippen molar-refractivity contribution >= 4 is 11.7 Å². The van der Waals surface area contributed by atoms with E-state index in [-0.39, 0.29) is 6.17 Å². The molecule has 0 spiro atoms. The standard InChI is InChI=1S/C39H29N3/c1-4-12-28(13-5-1)33-18-10-19-34(26-33)29-22-24-30(25-23-29)35-20-11-21-36(27-35)39-41-37(31-14-6-2-7-15-31)40-38(42-39)32-16-8-3-9-17-32/h1-27,37H,(H,40,41,42). The molecule has 1 heterocycles. The van der Waals surface area contributed by atoms with E-state index in [9.17, 15) is 0 Å². The predicted molar refractivity (Wildman–Crippen MR) is 175 cm³/mol. The summed E-state index contributed by atoms with van der Waals surface area (Å²) in [5.74, 6) is 1.64. The minimum absolute atomic E-state index is 0.313. The van der Waals surface area contributed by atoms with E-state index in [4.69, 9.17) is 9.98 Å². The number of benzene rings is 6. The first kappa shape index (κ1) is 25.4. The van der Waals surface area contributed by atoms with Gasteiger partial charge in [0.1, 0.15) is 11.7 Å². The summed E-state index contributed by atoms with van der Waals surface area (Å²) in [7, 11) is 0. The third-order valence-corrected chi connectivity index (χ3v) is 7.54. The van der Waals surface area contributed by atoms with Crippen molar-refractivity contribution in [2.75, 3.05) is 0 Å². The minimum atomic E-state index is -0.313. The monoisotopic (exact) mass is 539 g/mol. The quantitative estimate of drug-likeness (QED) is 0.225. The van der Waals surface area contributed by atoms with Gasteiger partial charge in [0.05, 0.1) is 0 Å². The zero-order valence-corrected chi connectivity index (χ0v) is 23.1. The second-order valence-electron chi connectivity index (χ2n) is 10.3. The van der Waals surface area contributed by atoms with Crippen LogP contribution < -0.4 is 5.32 Å². The summed E-state index contributed by atoms with van der Waals surface area (Å²) in [4.78, 5) is 10.00. The van der Waals surface area contributed by atoms with Crippen molar-refractivity contribution in [3.63, 3.8) is 0 Å². The van der Waals surface area contributed by atoms with E-state index in [1.165, 1.54) is 22.3 Å². The first-order chi connectivity index (χ1) is 20.8. The van der Waals surface area contributed by atoms with Crippen LogP contribution in [-0.2, 0) is 0 Å². The Hall–Kier alpha value is -5.54. The number of nitrogens with zero attached hydrogens (tertiary/aromatic N) is 2. The highest BCUT2D eigenvalue weighted by Crippen LogP contribution is 2.30. The molecule has 0 radical (unpaired) electrons. The third kappa shape index (κ3) is 5.41. The van der Waals surface area contributed by atoms with Crippen molar-refractivity contribution in [3.05, 3.63) is 180 Å². The highest BCUT2D eigenvalue weighted by Gasteiger charge is 2.20. The van der Waals surface area contributed by atoms with Crippen LogP contribution in [0.25, 0.3) is 33.4 Å². The van der Waals surface area contributed by atoms with Crippen LogP contribution in [0, 0.1) is 0 Å². The molecule has 0 fully saturated rings. The van der Waals surface area contributed by atoms with Gasteiger partial charge in [0.2, 0.25) is 0 Å². The predicted octanol–water partition coefficient (Wildman–Crippen LogP) is 9.18. The molecule has 0 bridgehead atoms. The normalized spacial score (nSPS) is 14.4. The van der Waals surface area contributed by atoms with Gasteiger partial charge in [0.15, 0.2) is 6.17 Å². The number of nitrogens with one attached hydrogen (secondary N) is 1. The number of aliphatic imine (C=N–C) groups is 2. The van der Waals surface area contributed by atoms with Crippen LogP contribution in [0.5, 0.6) is 0 Å². The van der Waals surface area contributed by atoms with E-state index in [0.29, 0.717) is 0 Å². The first-order valence-electron chi connectivity index (χ1n) is 14.2. The SMILES string of the molecule is c1ccc(C2=NC(c3ccccc3)N=C(c3cccc(-c4ccc(-c5cccc(-c6ccccc6)c5)cc4)c3)N2)cc1. The van der Waals surface area contributed by atoms with Crippen molar-refractivity contribution in [3.8, 4) is 33.4 Å². The average molecular weight is 540 g/mol. The van der Waals surface area contributed by atoms with E-state index >= 15 is 0 Å². The fourth-order valence-electron chi connectivity index (χ4n) is 5.32. The molecule has 0 saturated heterocycles. The van der Waals surface area contributed by atoms with Gasteiger partial charge >= 0.3 is 0 Å². The molecule has 6 aromatic carbocycles. The Bertz CT molecular complexity index is 1870. The maximum absolute atomic E-state index is 5.04. The Balaban J connectivity index is 1.18. The molecule has 200 valence electrons. The minimum Gasteiger partial charge on any atom is -0.324 e. The lowest BCUT2D eigenvalue weighted by atomic mass is 9.96. The summed E-state index contributed by atoms with van der Waals surface area (Å²) in [5, 5.41) is 3.51. The van der Waals surface area contributed by atoms with Crippen molar-refractivity contribution in [2.24, 2.45) is 9.98 Å². The molecule has 1 N–H and O–H groups in total. The van der Waals surface area contributed by atoms with Crippen LogP contribution in [-0.4, -0.2) is 11.7 Å². The molecule has 0 amide bonds. The molecule has 0 saturated carbocycles. The number of hydrogen-bond donors (Lipinski definition) is 1. The Kier molecular flexibility index (Phi) is 6.97. The molecule has 1 aliphatic rings. The van der Waals surface area contributed by atoms with Crippen LogP contribution in [0.4, 0.5) is 0 Å². The van der Waals surface area contributed by atoms with Crippen molar-refractivity contribution in [1.82, 2.24) is 5.32 Å². The van der Waals surface area contributed by atoms with Gasteiger partial charge in [-0.15, -0.1) is 0 Å². The Morgan fingerprint density at radius 2 is 0.714 bits per heavy atom. The van der Waals surface area contributed by atoms with E-state index in [1.807, 2.05) is 36.4 Å². The lowest BCUT2D eigenvalue weighted by Gasteiger charge is -2.22. The maximum Gasteiger partial charge on any atom is 0.169 e. The second kappa shape index (κ2) is 11.5. The highest BCUT2D eigenvalue weighted by molar-refractivity contribution is 6.16. The lowest BCUT2D eigenvalue weighted by Crippen LogP contribution is -2.36. The molecule has 7 rings (SSSR count). The molecule has 0 aliphatic carbocycles. The van der Waals surface area contributed by atoms with Gasteiger partial charge in [-0.25, -0.2) is 9.98 Å². The Morgan fingerprint density at radius 3 is 1.26 bits per heavy atom. The fourth-order valence-corrected chi connectivity index (χ4v) is 5.32. The van der Waals surface area contributed by atoms with E-state index < -0.39 is 0 Å². The third-order valence-electron chi connectivity index (χ3n) is 7.54. The van der Waals surface area contributed by atoms with Crippen molar-refractivity contribution in [1.29, 1.82) is 0 Å². The molecule has 42 heavy (non-hydrogen) atoms. The van der Waals surface area contributed by atoms with E-state index in [1.54, 1.807) is 0 Å². The smallest absolute Gasteiger partial charge is 0.169 e. The van der Waals surface area contributed by atoms with Gasteiger partial charge in [-0.05, 0) is 51.1 Å². The van der Waals surface area contributed by atoms with Crippen LogP contribution in [0.3, 0.4) is 0 Å². The molecule has 3 nitrogen and oxygen atoms in total. The Labute approximate surface area is 246 Å². The molecule has 6 aromatic rings. The molecule has 1 aliphatic heterocycles. The molecule has 1 unspecified atom stereocenters. The van der Waals surface area contributed by atoms with Crippen molar-refractivity contribution in [2.45, 2.75) is 6.17 Å². The van der Waals surface area contributed by atoms with Gasteiger partial charge in [0, 0.05) is 11.1 Å². The molecule has 3 heteroatoms. The van der Waals surface area contributed by atoms with E-state index in [0.717, 1.165) is 39.5 Å². The summed E-state index contributed by atoms with van der Waals surface area (Å²) in [5.41, 5.74) is 10.3. The number of hydrogen-bond acceptors (Lipinski definition) is 3. The highest BCUT2D eigenvalue weighted by atomic mass is 15.2. The summed E-state index contributed by atoms with van der Waals surface area (Å²) in [6.45, 7) is 0. The van der Waals surface area contributed by atoms with Gasteiger partial charge in [0.25, 0.3) is 0 Å². The molecule has 0 aromatic heterocycles. The molecule has 1 atom stereocenters. The average Bonchev–Trinajstić information content (AvgIpc) is 3.09. The lowest BCUT2D eigenvalue weighted by molar-refractivity contribution is 0.756. The topological polar surface area (TPSA) is 36.8 Å². The maximum atomic E-state index is 5.04. The van der Waals surface area contributed by atoms with Gasteiger partial charge in [-0.2, -0.15) is 0 Å². The van der Waals surface area contributed by atoms with E-state index in [2.05, 4.69) is 133 Å². The number of rotatable bonds is 6. The first-order valence-corrected chi connectivity index (χ1v) is 14.2. The summed E-state index contributed by atoms with van der Waals surface area (Å²) >= 11 is 0. The van der Waals surface area contributed by atoms with Gasteiger partial charge < -0.3 is 5.32 Å².